The average molecular weight is 388 g/mol. The van der Waals surface area contributed by atoms with Gasteiger partial charge in [0.25, 0.3) is 5.91 Å². The lowest BCUT2D eigenvalue weighted by Gasteiger charge is -2.36. The van der Waals surface area contributed by atoms with Crippen molar-refractivity contribution in [2.45, 2.75) is 38.0 Å². The number of aromatic nitrogens is 2. The minimum absolute atomic E-state index is 0.00933. The van der Waals surface area contributed by atoms with Gasteiger partial charge in [0.1, 0.15) is 17.7 Å². The van der Waals surface area contributed by atoms with Gasteiger partial charge in [0.15, 0.2) is 0 Å². The van der Waals surface area contributed by atoms with Gasteiger partial charge in [-0.2, -0.15) is 0 Å². The summed E-state index contributed by atoms with van der Waals surface area (Å²) in [5.74, 6) is -0.637. The van der Waals surface area contributed by atoms with Gasteiger partial charge >= 0.3 is 0 Å². The summed E-state index contributed by atoms with van der Waals surface area (Å²) in [5.41, 5.74) is 0.514. The fourth-order valence-corrected chi connectivity index (χ4v) is 3.58. The van der Waals surface area contributed by atoms with E-state index in [4.69, 9.17) is 9.26 Å². The van der Waals surface area contributed by atoms with Gasteiger partial charge in [0, 0.05) is 32.2 Å². The van der Waals surface area contributed by atoms with Crippen molar-refractivity contribution < 1.29 is 18.8 Å². The Hall–Kier alpha value is -2.94. The third kappa shape index (κ3) is 4.66. The van der Waals surface area contributed by atoms with Crippen molar-refractivity contribution in [3.05, 3.63) is 52.3 Å². The monoisotopic (exact) mass is 388 g/mol. The third-order valence-electron chi connectivity index (χ3n) is 5.03. The number of amides is 2. The number of methoxy groups -OCH3 is 1. The van der Waals surface area contributed by atoms with E-state index in [1.165, 1.54) is 24.5 Å². The molecule has 2 N–H and O–H groups in total. The summed E-state index contributed by atoms with van der Waals surface area (Å²) >= 11 is 0. The van der Waals surface area contributed by atoms with Crippen LogP contribution >= 0.6 is 0 Å². The second-order valence-electron chi connectivity index (χ2n) is 6.98. The number of rotatable bonds is 6. The Morgan fingerprint density at radius 2 is 2.18 bits per heavy atom. The van der Waals surface area contributed by atoms with Crippen LogP contribution in [0, 0.1) is 5.92 Å². The number of carbonyl (C=O) groups excluding carboxylic acids is 2. The zero-order chi connectivity index (χ0) is 20.1. The summed E-state index contributed by atoms with van der Waals surface area (Å²) in [7, 11) is 3.31. The zero-order valence-corrected chi connectivity index (χ0v) is 15.9. The standard InChI is InChI=1S/C19H24N4O5/c1-23(11-13-8-9-28-22-13)19(26)12-6-7-16(27-2)15(10-12)21-18(25)14-4-3-5-17(24)20-14/h3-5,8-9,12,15-16H,6-7,10-11H2,1-2H3,(H,20,24)(H,21,25)/t12-,15+,16+/m0/s1. The van der Waals surface area contributed by atoms with Crippen molar-refractivity contribution in [3.8, 4) is 0 Å². The van der Waals surface area contributed by atoms with Gasteiger partial charge < -0.3 is 24.5 Å². The number of pyridine rings is 1. The van der Waals surface area contributed by atoms with Crippen molar-refractivity contribution in [1.29, 1.82) is 0 Å². The van der Waals surface area contributed by atoms with Crippen LogP contribution in [0.2, 0.25) is 0 Å². The van der Waals surface area contributed by atoms with Crippen molar-refractivity contribution in [2.24, 2.45) is 5.92 Å². The molecule has 0 aliphatic heterocycles. The molecule has 1 fully saturated rings. The Balaban J connectivity index is 1.65. The molecule has 2 amide bonds. The Morgan fingerprint density at radius 3 is 2.86 bits per heavy atom. The normalized spacial score (nSPS) is 21.9. The molecule has 2 heterocycles. The molecule has 0 unspecified atom stereocenters. The van der Waals surface area contributed by atoms with Gasteiger partial charge in [0.2, 0.25) is 11.5 Å². The molecule has 0 radical (unpaired) electrons. The number of nitrogens with zero attached hydrogens (tertiary/aromatic N) is 2. The molecule has 3 atom stereocenters. The molecule has 1 aliphatic carbocycles. The highest BCUT2D eigenvalue weighted by atomic mass is 16.5. The Kier molecular flexibility index (Phi) is 6.25. The van der Waals surface area contributed by atoms with E-state index in [2.05, 4.69) is 15.5 Å². The first-order valence-electron chi connectivity index (χ1n) is 9.15. The number of aromatic amines is 1. The zero-order valence-electron chi connectivity index (χ0n) is 15.9. The second kappa shape index (κ2) is 8.83. The summed E-state index contributed by atoms with van der Waals surface area (Å²) in [5, 5.41) is 6.73. The third-order valence-corrected chi connectivity index (χ3v) is 5.03. The summed E-state index contributed by atoms with van der Waals surface area (Å²) in [6.07, 6.45) is 3.07. The van der Waals surface area contributed by atoms with Gasteiger partial charge in [-0.1, -0.05) is 11.2 Å². The van der Waals surface area contributed by atoms with Crippen molar-refractivity contribution in [1.82, 2.24) is 20.4 Å². The Bertz CT molecular complexity index is 863. The van der Waals surface area contributed by atoms with Crippen molar-refractivity contribution in [2.75, 3.05) is 14.2 Å². The van der Waals surface area contributed by atoms with E-state index in [-0.39, 0.29) is 35.2 Å². The largest absolute Gasteiger partial charge is 0.379 e. The molecular weight excluding hydrogens is 364 g/mol. The van der Waals surface area contributed by atoms with Gasteiger partial charge in [-0.05, 0) is 25.3 Å². The van der Waals surface area contributed by atoms with Gasteiger partial charge in [-0.25, -0.2) is 0 Å². The highest BCUT2D eigenvalue weighted by Crippen LogP contribution is 2.28. The van der Waals surface area contributed by atoms with Gasteiger partial charge in [0.05, 0.1) is 18.7 Å². The van der Waals surface area contributed by atoms with Crippen LogP contribution < -0.4 is 10.9 Å². The molecule has 150 valence electrons. The molecule has 3 rings (SSSR count). The fourth-order valence-electron chi connectivity index (χ4n) is 3.58. The van der Waals surface area contributed by atoms with Crippen molar-refractivity contribution >= 4 is 11.8 Å². The minimum atomic E-state index is -0.395. The van der Waals surface area contributed by atoms with E-state index in [9.17, 15) is 14.4 Å². The first-order valence-corrected chi connectivity index (χ1v) is 9.15. The van der Waals surface area contributed by atoms with Crippen molar-refractivity contribution in [3.63, 3.8) is 0 Å². The summed E-state index contributed by atoms with van der Waals surface area (Å²) < 4.78 is 10.3. The molecule has 2 aromatic heterocycles. The van der Waals surface area contributed by atoms with E-state index in [0.29, 0.717) is 31.5 Å². The molecule has 28 heavy (non-hydrogen) atoms. The maximum atomic E-state index is 12.8. The number of H-pyrrole nitrogens is 1. The first-order chi connectivity index (χ1) is 13.5. The molecule has 1 aliphatic rings. The lowest BCUT2D eigenvalue weighted by molar-refractivity contribution is -0.137. The predicted octanol–water partition coefficient (Wildman–Crippen LogP) is 0.935. The summed E-state index contributed by atoms with van der Waals surface area (Å²) in [6.45, 7) is 0.363. The summed E-state index contributed by atoms with van der Waals surface area (Å²) in [6, 6.07) is 5.79. The lowest BCUT2D eigenvalue weighted by Crippen LogP contribution is -2.50. The predicted molar refractivity (Wildman–Crippen MR) is 99.4 cm³/mol. The van der Waals surface area contributed by atoms with Gasteiger partial charge in [-0.15, -0.1) is 0 Å². The molecule has 9 nitrogen and oxygen atoms in total. The van der Waals surface area contributed by atoms with Crippen LogP contribution in [0.15, 0.2) is 39.8 Å². The maximum Gasteiger partial charge on any atom is 0.268 e. The number of carbonyl (C=O) groups is 2. The Labute approximate surface area is 162 Å². The van der Waals surface area contributed by atoms with E-state index in [0.717, 1.165) is 0 Å². The number of ether oxygens (including phenoxy) is 1. The van der Waals surface area contributed by atoms with Crippen LogP contribution in [0.1, 0.15) is 35.4 Å². The minimum Gasteiger partial charge on any atom is -0.379 e. The molecule has 0 bridgehead atoms. The first kappa shape index (κ1) is 19.8. The number of hydrogen-bond donors (Lipinski definition) is 2. The second-order valence-corrected chi connectivity index (χ2v) is 6.98. The van der Waals surface area contributed by atoms with Crippen LogP contribution in [0.3, 0.4) is 0 Å². The average Bonchev–Trinajstić information content (AvgIpc) is 3.20. The number of hydrogen-bond acceptors (Lipinski definition) is 6. The van der Waals surface area contributed by atoms with Crippen LogP contribution in [-0.4, -0.2) is 53.2 Å². The molecule has 1 saturated carbocycles. The molecule has 2 aromatic rings. The van der Waals surface area contributed by atoms with Gasteiger partial charge in [-0.3, -0.25) is 14.4 Å². The lowest BCUT2D eigenvalue weighted by atomic mass is 9.82. The molecular formula is C19H24N4O5. The van der Waals surface area contributed by atoms with E-state index >= 15 is 0 Å². The molecule has 0 saturated heterocycles. The van der Waals surface area contributed by atoms with E-state index in [1.54, 1.807) is 25.1 Å². The quantitative estimate of drug-likeness (QED) is 0.760. The van der Waals surface area contributed by atoms with E-state index < -0.39 is 5.91 Å². The van der Waals surface area contributed by atoms with Crippen LogP contribution in [0.25, 0.3) is 0 Å². The smallest absolute Gasteiger partial charge is 0.268 e. The van der Waals surface area contributed by atoms with Crippen LogP contribution in [0.4, 0.5) is 0 Å². The summed E-state index contributed by atoms with van der Waals surface area (Å²) in [4.78, 5) is 40.9. The SMILES string of the molecule is CO[C@@H]1CC[C@H](C(=O)N(C)Cc2ccon2)C[C@H]1NC(=O)c1cccc(=O)[nH]1. The Morgan fingerprint density at radius 1 is 1.36 bits per heavy atom. The maximum absolute atomic E-state index is 12.8. The topological polar surface area (TPSA) is 118 Å². The molecule has 0 aromatic carbocycles. The highest BCUT2D eigenvalue weighted by molar-refractivity contribution is 5.92. The van der Waals surface area contributed by atoms with Crippen LogP contribution in [0.5, 0.6) is 0 Å². The fraction of sp³-hybridized carbons (Fsp3) is 0.474. The number of nitrogens with one attached hydrogen (secondary N) is 2. The molecule has 9 heteroatoms. The molecule has 0 spiro atoms. The van der Waals surface area contributed by atoms with Crippen LogP contribution in [-0.2, 0) is 16.1 Å². The van der Waals surface area contributed by atoms with E-state index in [1.807, 2.05) is 0 Å². The highest BCUT2D eigenvalue weighted by Gasteiger charge is 2.36.